The Hall–Kier alpha value is -1.77. The van der Waals surface area contributed by atoms with Crippen molar-refractivity contribution < 1.29 is 13.2 Å². The second-order valence-electron chi connectivity index (χ2n) is 9.73. The highest BCUT2D eigenvalue weighted by molar-refractivity contribution is 5.69. The molecule has 2 aromatic rings. The van der Waals surface area contributed by atoms with Crippen LogP contribution in [0, 0.1) is 30.5 Å². The first-order valence-electron chi connectivity index (χ1n) is 11.6. The van der Waals surface area contributed by atoms with Crippen molar-refractivity contribution in [1.82, 2.24) is 0 Å². The molecule has 2 aliphatic rings. The Kier molecular flexibility index (Phi) is 6.55. The van der Waals surface area contributed by atoms with E-state index in [0.29, 0.717) is 16.7 Å². The number of hydrogen-bond acceptors (Lipinski definition) is 0. The number of halogens is 3. The van der Waals surface area contributed by atoms with Crippen molar-refractivity contribution in [1.29, 1.82) is 0 Å². The smallest absolute Gasteiger partial charge is 0.206 e. The van der Waals surface area contributed by atoms with Crippen molar-refractivity contribution >= 4 is 0 Å². The molecule has 2 saturated carbocycles. The summed E-state index contributed by atoms with van der Waals surface area (Å²) in [5.41, 5.74) is 2.09. The van der Waals surface area contributed by atoms with Crippen molar-refractivity contribution in [2.24, 2.45) is 17.8 Å². The summed E-state index contributed by atoms with van der Waals surface area (Å²) < 4.78 is 43.1. The van der Waals surface area contributed by atoms with Crippen molar-refractivity contribution in [3.63, 3.8) is 0 Å². The van der Waals surface area contributed by atoms with Crippen LogP contribution in [-0.2, 0) is 0 Å². The predicted octanol–water partition coefficient (Wildman–Crippen LogP) is 8.84. The summed E-state index contributed by atoms with van der Waals surface area (Å²) in [6.45, 7) is 4.29. The zero-order valence-electron chi connectivity index (χ0n) is 18.1. The van der Waals surface area contributed by atoms with Gasteiger partial charge < -0.3 is 0 Å². The van der Waals surface area contributed by atoms with Crippen molar-refractivity contribution in [3.8, 4) is 11.1 Å². The van der Waals surface area contributed by atoms with Gasteiger partial charge in [-0.1, -0.05) is 61.7 Å². The molecule has 0 heterocycles. The van der Waals surface area contributed by atoms with Crippen LogP contribution in [0.3, 0.4) is 0 Å². The maximum absolute atomic E-state index is 15.3. The van der Waals surface area contributed by atoms with Gasteiger partial charge in [0.2, 0.25) is 0 Å². The first kappa shape index (κ1) is 21.5. The van der Waals surface area contributed by atoms with Gasteiger partial charge in [-0.2, -0.15) is 0 Å². The van der Waals surface area contributed by atoms with Crippen LogP contribution in [-0.4, -0.2) is 0 Å². The summed E-state index contributed by atoms with van der Waals surface area (Å²) in [6, 6.07) is 10.8. The highest BCUT2D eigenvalue weighted by atomic mass is 19.3. The summed E-state index contributed by atoms with van der Waals surface area (Å²) in [5.74, 6) is 1.78. The van der Waals surface area contributed by atoms with Gasteiger partial charge in [0.25, 0.3) is 6.43 Å². The fraction of sp³-hybridized carbons (Fsp3) is 0.556. The third-order valence-corrected chi connectivity index (χ3v) is 7.73. The molecular weight excluding hydrogens is 381 g/mol. The Balaban J connectivity index is 1.52. The molecule has 3 heteroatoms. The lowest BCUT2D eigenvalue weighted by molar-refractivity contribution is 0.145. The third kappa shape index (κ3) is 4.45. The molecule has 0 aromatic heterocycles. The first-order valence-corrected chi connectivity index (χ1v) is 11.6. The Labute approximate surface area is 178 Å². The van der Waals surface area contributed by atoms with Gasteiger partial charge in [0.05, 0.1) is 5.56 Å². The van der Waals surface area contributed by atoms with Gasteiger partial charge in [-0.15, -0.1) is 0 Å². The largest absolute Gasteiger partial charge is 0.267 e. The van der Waals surface area contributed by atoms with Crippen molar-refractivity contribution in [3.05, 3.63) is 58.9 Å². The minimum atomic E-state index is -2.82. The summed E-state index contributed by atoms with van der Waals surface area (Å²) >= 11 is 0. The van der Waals surface area contributed by atoms with E-state index in [1.54, 1.807) is 24.3 Å². The van der Waals surface area contributed by atoms with Crippen molar-refractivity contribution in [2.75, 3.05) is 0 Å². The number of rotatable bonds is 4. The van der Waals surface area contributed by atoms with E-state index in [4.69, 9.17) is 0 Å². The SMILES string of the molecule is Cc1ccc(-c2ccc(C3CCC(C4CCC(C)CC4)CC3)c(F)c2C(F)F)cc1. The summed E-state index contributed by atoms with van der Waals surface area (Å²) in [7, 11) is 0. The van der Waals surface area contributed by atoms with Crippen LogP contribution in [0.25, 0.3) is 11.1 Å². The maximum atomic E-state index is 15.3. The van der Waals surface area contributed by atoms with E-state index in [9.17, 15) is 8.78 Å². The van der Waals surface area contributed by atoms with Gasteiger partial charge >= 0.3 is 0 Å². The van der Waals surface area contributed by atoms with Crippen molar-refractivity contribution in [2.45, 2.75) is 77.6 Å². The molecule has 0 atom stereocenters. The molecule has 162 valence electrons. The lowest BCUT2D eigenvalue weighted by atomic mass is 9.68. The predicted molar refractivity (Wildman–Crippen MR) is 117 cm³/mol. The molecule has 0 nitrogen and oxygen atoms in total. The average Bonchev–Trinajstić information content (AvgIpc) is 2.74. The second-order valence-corrected chi connectivity index (χ2v) is 9.73. The molecule has 2 fully saturated rings. The van der Waals surface area contributed by atoms with E-state index in [-0.39, 0.29) is 5.92 Å². The van der Waals surface area contributed by atoms with Crippen LogP contribution in [0.2, 0.25) is 0 Å². The standard InChI is InChI=1S/C27H33F3/c1-17-3-7-19(8-4-17)20-11-13-22(14-12-20)24-16-15-23(25(26(24)28)27(29)30)21-9-5-18(2)6-10-21/h5-6,9-10,15-17,19-20,22,27H,3-4,7-8,11-14H2,1-2H3. The molecule has 0 bridgehead atoms. The van der Waals surface area contributed by atoms with Gasteiger partial charge in [0.1, 0.15) is 5.82 Å². The Morgan fingerprint density at radius 2 is 1.33 bits per heavy atom. The van der Waals surface area contributed by atoms with E-state index in [0.717, 1.165) is 49.0 Å². The molecule has 0 unspecified atom stereocenters. The first-order chi connectivity index (χ1) is 14.4. The molecule has 0 saturated heterocycles. The van der Waals surface area contributed by atoms with Crippen LogP contribution in [0.5, 0.6) is 0 Å². The second kappa shape index (κ2) is 9.16. The van der Waals surface area contributed by atoms with Gasteiger partial charge in [-0.3, -0.25) is 0 Å². The number of aryl methyl sites for hydroxylation is 1. The number of alkyl halides is 2. The normalized spacial score (nSPS) is 27.4. The maximum Gasteiger partial charge on any atom is 0.267 e. The van der Waals surface area contributed by atoms with Gasteiger partial charge in [0.15, 0.2) is 0 Å². The molecule has 0 amide bonds. The molecule has 4 rings (SSSR count). The molecule has 0 aliphatic heterocycles. The number of benzene rings is 2. The number of hydrogen-bond donors (Lipinski definition) is 0. The summed E-state index contributed by atoms with van der Waals surface area (Å²) in [5, 5.41) is 0. The molecular formula is C27H33F3. The van der Waals surface area contributed by atoms with Crippen LogP contribution >= 0.6 is 0 Å². The highest BCUT2D eigenvalue weighted by Gasteiger charge is 2.32. The van der Waals surface area contributed by atoms with Gasteiger partial charge in [-0.25, -0.2) is 13.2 Å². The zero-order chi connectivity index (χ0) is 21.3. The van der Waals surface area contributed by atoms with Gasteiger partial charge in [-0.05, 0) is 85.8 Å². The molecule has 30 heavy (non-hydrogen) atoms. The fourth-order valence-corrected chi connectivity index (χ4v) is 5.78. The molecule has 0 spiro atoms. The third-order valence-electron chi connectivity index (χ3n) is 7.73. The minimum absolute atomic E-state index is 0.0633. The summed E-state index contributed by atoms with van der Waals surface area (Å²) in [4.78, 5) is 0. The average molecular weight is 415 g/mol. The van der Waals surface area contributed by atoms with E-state index < -0.39 is 17.8 Å². The summed E-state index contributed by atoms with van der Waals surface area (Å²) in [6.07, 6.45) is 6.54. The fourth-order valence-electron chi connectivity index (χ4n) is 5.78. The topological polar surface area (TPSA) is 0 Å². The Morgan fingerprint density at radius 3 is 1.90 bits per heavy atom. The quantitative estimate of drug-likeness (QED) is 0.469. The molecule has 0 N–H and O–H groups in total. The Morgan fingerprint density at radius 1 is 0.767 bits per heavy atom. The van der Waals surface area contributed by atoms with E-state index >= 15 is 4.39 Å². The molecule has 0 radical (unpaired) electrons. The highest BCUT2D eigenvalue weighted by Crippen LogP contribution is 2.46. The molecule has 2 aromatic carbocycles. The lowest BCUT2D eigenvalue weighted by Crippen LogP contribution is -2.25. The zero-order valence-corrected chi connectivity index (χ0v) is 18.1. The van der Waals surface area contributed by atoms with Crippen LogP contribution in [0.4, 0.5) is 13.2 Å². The monoisotopic (exact) mass is 414 g/mol. The van der Waals surface area contributed by atoms with E-state index in [2.05, 4.69) is 6.92 Å². The van der Waals surface area contributed by atoms with Gasteiger partial charge in [0, 0.05) is 0 Å². The van der Waals surface area contributed by atoms with E-state index in [1.807, 2.05) is 19.1 Å². The Bertz CT molecular complexity index is 839. The van der Waals surface area contributed by atoms with E-state index in [1.165, 1.54) is 25.7 Å². The van der Waals surface area contributed by atoms with Crippen LogP contribution < -0.4 is 0 Å². The van der Waals surface area contributed by atoms with Crippen LogP contribution in [0.1, 0.15) is 87.3 Å². The molecule has 2 aliphatic carbocycles. The van der Waals surface area contributed by atoms with Crippen LogP contribution in [0.15, 0.2) is 36.4 Å². The minimum Gasteiger partial charge on any atom is -0.206 e. The lowest BCUT2D eigenvalue weighted by Gasteiger charge is -2.37.